The topological polar surface area (TPSA) is 49.4 Å². The molecule has 0 bridgehead atoms. The van der Waals surface area contributed by atoms with Gasteiger partial charge in [0, 0.05) is 30.4 Å². The van der Waals surface area contributed by atoms with Crippen molar-refractivity contribution in [3.05, 3.63) is 21.4 Å². The van der Waals surface area contributed by atoms with E-state index in [1.165, 1.54) is 4.88 Å². The third-order valence-electron chi connectivity index (χ3n) is 3.17. The van der Waals surface area contributed by atoms with Crippen LogP contribution in [0, 0.1) is 0 Å². The maximum absolute atomic E-state index is 12.0. The molecule has 0 radical (unpaired) electrons. The Morgan fingerprint density at radius 3 is 2.84 bits per heavy atom. The van der Waals surface area contributed by atoms with Crippen molar-refractivity contribution in [3.63, 3.8) is 0 Å². The van der Waals surface area contributed by atoms with Crippen LogP contribution in [0.3, 0.4) is 0 Å². The van der Waals surface area contributed by atoms with Crippen molar-refractivity contribution in [2.24, 2.45) is 0 Å². The molecule has 0 unspecified atom stereocenters. The van der Waals surface area contributed by atoms with E-state index in [2.05, 4.69) is 5.32 Å². The van der Waals surface area contributed by atoms with Crippen molar-refractivity contribution in [3.8, 4) is 0 Å². The van der Waals surface area contributed by atoms with Crippen molar-refractivity contribution in [1.29, 1.82) is 0 Å². The van der Waals surface area contributed by atoms with Crippen LogP contribution in [0.4, 0.5) is 0 Å². The molecule has 0 atom stereocenters. The van der Waals surface area contributed by atoms with E-state index < -0.39 is 0 Å². The molecule has 0 saturated carbocycles. The van der Waals surface area contributed by atoms with Gasteiger partial charge < -0.3 is 10.2 Å². The van der Waals surface area contributed by atoms with Gasteiger partial charge in [0.1, 0.15) is 0 Å². The molecule has 104 valence electrons. The number of hydrogen-bond donors (Lipinski definition) is 1. The average molecular weight is 280 g/mol. The first-order valence-electron chi connectivity index (χ1n) is 6.71. The predicted molar refractivity (Wildman–Crippen MR) is 76.3 cm³/mol. The molecule has 4 nitrogen and oxygen atoms in total. The molecule has 5 heteroatoms. The Labute approximate surface area is 117 Å². The first-order valence-corrected chi connectivity index (χ1v) is 7.53. The summed E-state index contributed by atoms with van der Waals surface area (Å²) in [4.78, 5) is 27.5. The van der Waals surface area contributed by atoms with Gasteiger partial charge in [-0.25, -0.2) is 0 Å². The van der Waals surface area contributed by atoms with Crippen molar-refractivity contribution in [1.82, 2.24) is 10.2 Å². The minimum absolute atomic E-state index is 0.0113. The highest BCUT2D eigenvalue weighted by Gasteiger charge is 2.23. The summed E-state index contributed by atoms with van der Waals surface area (Å²) in [5.41, 5.74) is 1.13. The average Bonchev–Trinajstić information content (AvgIpc) is 2.79. The quantitative estimate of drug-likeness (QED) is 0.922. The second-order valence-electron chi connectivity index (χ2n) is 5.11. The van der Waals surface area contributed by atoms with Gasteiger partial charge in [0.05, 0.1) is 4.88 Å². The van der Waals surface area contributed by atoms with Crippen LogP contribution in [0.5, 0.6) is 0 Å². The van der Waals surface area contributed by atoms with Gasteiger partial charge in [-0.3, -0.25) is 9.59 Å². The van der Waals surface area contributed by atoms with Crippen molar-refractivity contribution in [2.45, 2.75) is 46.2 Å². The summed E-state index contributed by atoms with van der Waals surface area (Å²) in [5.74, 6) is 0.174. The van der Waals surface area contributed by atoms with Crippen LogP contribution in [0.25, 0.3) is 0 Å². The summed E-state index contributed by atoms with van der Waals surface area (Å²) < 4.78 is 0. The lowest BCUT2D eigenvalue weighted by Gasteiger charge is -2.26. The lowest BCUT2D eigenvalue weighted by molar-refractivity contribution is -0.131. The highest BCUT2D eigenvalue weighted by atomic mass is 32.1. The monoisotopic (exact) mass is 280 g/mol. The van der Waals surface area contributed by atoms with Crippen molar-refractivity contribution in [2.75, 3.05) is 6.54 Å². The smallest absolute Gasteiger partial charge is 0.261 e. The van der Waals surface area contributed by atoms with Gasteiger partial charge in [-0.1, -0.05) is 6.92 Å². The second-order valence-corrected chi connectivity index (χ2v) is 6.24. The molecular weight excluding hydrogens is 260 g/mol. The number of carbonyl (C=O) groups excluding carboxylic acids is 2. The predicted octanol–water partition coefficient (Wildman–Crippen LogP) is 2.18. The summed E-state index contributed by atoms with van der Waals surface area (Å²) in [6.45, 7) is 7.20. The summed E-state index contributed by atoms with van der Waals surface area (Å²) in [6, 6.07) is 2.08. The Morgan fingerprint density at radius 1 is 1.47 bits per heavy atom. The molecule has 0 fully saturated rings. The molecule has 2 heterocycles. The number of amides is 2. The van der Waals surface area contributed by atoms with E-state index in [4.69, 9.17) is 0 Å². The van der Waals surface area contributed by atoms with Crippen LogP contribution in [0.15, 0.2) is 6.07 Å². The summed E-state index contributed by atoms with van der Waals surface area (Å²) in [6.07, 6.45) is 1.40. The molecule has 1 N–H and O–H groups in total. The SMILES string of the molecule is CCC(=O)N1CCc2sc(C(=O)NC(C)C)cc2C1. The molecule has 0 aromatic carbocycles. The standard InChI is InChI=1S/C14H20N2O2S/c1-4-13(17)16-6-5-11-10(8-16)7-12(19-11)14(18)15-9(2)3/h7,9H,4-6,8H2,1-3H3,(H,15,18). The third-order valence-corrected chi connectivity index (χ3v) is 4.40. The van der Waals surface area contributed by atoms with Gasteiger partial charge in [0.2, 0.25) is 5.91 Å². The number of nitrogens with zero attached hydrogens (tertiary/aromatic N) is 1. The van der Waals surface area contributed by atoms with E-state index in [-0.39, 0.29) is 17.9 Å². The normalized spacial score (nSPS) is 14.4. The molecule has 0 aliphatic carbocycles. The van der Waals surface area contributed by atoms with Gasteiger partial charge in [0.15, 0.2) is 0 Å². The first-order chi connectivity index (χ1) is 9.01. The minimum Gasteiger partial charge on any atom is -0.349 e. The molecule has 19 heavy (non-hydrogen) atoms. The van der Waals surface area contributed by atoms with Crippen LogP contribution in [-0.2, 0) is 17.8 Å². The van der Waals surface area contributed by atoms with E-state index in [1.54, 1.807) is 11.3 Å². The van der Waals surface area contributed by atoms with E-state index in [1.807, 2.05) is 31.7 Å². The largest absolute Gasteiger partial charge is 0.349 e. The Bertz CT molecular complexity index is 494. The first kappa shape index (κ1) is 14.1. The summed E-state index contributed by atoms with van der Waals surface area (Å²) in [5, 5.41) is 2.90. The molecule has 0 spiro atoms. The molecule has 1 aliphatic rings. The van der Waals surface area contributed by atoms with E-state index in [0.29, 0.717) is 13.0 Å². The molecule has 2 amide bonds. The Kier molecular flexibility index (Phi) is 4.24. The number of thiophene rings is 1. The summed E-state index contributed by atoms with van der Waals surface area (Å²) in [7, 11) is 0. The number of hydrogen-bond acceptors (Lipinski definition) is 3. The molecule has 1 aliphatic heterocycles. The fourth-order valence-corrected chi connectivity index (χ4v) is 3.28. The summed E-state index contributed by atoms with van der Waals surface area (Å²) >= 11 is 1.56. The fourth-order valence-electron chi connectivity index (χ4n) is 2.21. The highest BCUT2D eigenvalue weighted by Crippen LogP contribution is 2.28. The molecule has 1 aromatic rings. The fraction of sp³-hybridized carbons (Fsp3) is 0.571. The second kappa shape index (κ2) is 5.74. The molecular formula is C14H20N2O2S. The number of carbonyl (C=O) groups is 2. The maximum Gasteiger partial charge on any atom is 0.261 e. The van der Waals surface area contributed by atoms with Crippen LogP contribution in [0.1, 0.15) is 47.3 Å². The Hall–Kier alpha value is -1.36. The van der Waals surface area contributed by atoms with Crippen LogP contribution in [0.2, 0.25) is 0 Å². The van der Waals surface area contributed by atoms with Crippen molar-refractivity contribution >= 4 is 23.2 Å². The van der Waals surface area contributed by atoms with E-state index in [9.17, 15) is 9.59 Å². The number of nitrogens with one attached hydrogen (secondary N) is 1. The third kappa shape index (κ3) is 3.15. The lowest BCUT2D eigenvalue weighted by Crippen LogP contribution is -2.34. The van der Waals surface area contributed by atoms with Gasteiger partial charge in [-0.15, -0.1) is 11.3 Å². The van der Waals surface area contributed by atoms with Gasteiger partial charge in [0.25, 0.3) is 5.91 Å². The zero-order valence-electron chi connectivity index (χ0n) is 11.7. The minimum atomic E-state index is -0.0113. The van der Waals surface area contributed by atoms with Crippen LogP contribution < -0.4 is 5.32 Å². The Balaban J connectivity index is 2.12. The van der Waals surface area contributed by atoms with Gasteiger partial charge in [-0.2, -0.15) is 0 Å². The maximum atomic E-state index is 12.0. The zero-order valence-corrected chi connectivity index (χ0v) is 12.5. The molecule has 1 aromatic heterocycles. The molecule has 2 rings (SSSR count). The molecule has 0 saturated heterocycles. The van der Waals surface area contributed by atoms with Crippen LogP contribution in [-0.4, -0.2) is 29.3 Å². The van der Waals surface area contributed by atoms with Gasteiger partial charge >= 0.3 is 0 Å². The highest BCUT2D eigenvalue weighted by molar-refractivity contribution is 7.14. The van der Waals surface area contributed by atoms with Gasteiger partial charge in [-0.05, 0) is 31.9 Å². The number of rotatable bonds is 3. The lowest BCUT2D eigenvalue weighted by atomic mass is 10.1. The van der Waals surface area contributed by atoms with Crippen molar-refractivity contribution < 1.29 is 9.59 Å². The van der Waals surface area contributed by atoms with Crippen LogP contribution >= 0.6 is 11.3 Å². The van der Waals surface area contributed by atoms with E-state index in [0.717, 1.165) is 23.4 Å². The Morgan fingerprint density at radius 2 is 2.21 bits per heavy atom. The van der Waals surface area contributed by atoms with E-state index >= 15 is 0 Å². The zero-order chi connectivity index (χ0) is 14.0. The number of fused-ring (bicyclic) bond motifs is 1.